The topological polar surface area (TPSA) is 124 Å². The first-order valence-electron chi connectivity index (χ1n) is 8.22. The largest absolute Gasteiger partial charge is 0.388 e. The van der Waals surface area contributed by atoms with Crippen molar-refractivity contribution in [3.63, 3.8) is 0 Å². The number of hydrogen-bond acceptors (Lipinski definition) is 5. The molecule has 0 aliphatic carbocycles. The van der Waals surface area contributed by atoms with Gasteiger partial charge in [0.25, 0.3) is 0 Å². The molecule has 1 aromatic carbocycles. The molecule has 7 nitrogen and oxygen atoms in total. The lowest BCUT2D eigenvalue weighted by atomic mass is 10.0. The first kappa shape index (κ1) is 23.2. The maximum Gasteiger partial charge on any atom is 0.199 e. The molecule has 0 heterocycles. The average Bonchev–Trinajstić information content (AvgIpc) is 2.51. The van der Waals surface area contributed by atoms with Crippen LogP contribution in [0.5, 0.6) is 0 Å². The molecule has 1 rings (SSSR count). The summed E-state index contributed by atoms with van der Waals surface area (Å²) in [5, 5.41) is 16.2. The number of aliphatic hydroxyl groups is 1. The van der Waals surface area contributed by atoms with Gasteiger partial charge in [0, 0.05) is 16.8 Å². The summed E-state index contributed by atoms with van der Waals surface area (Å²) in [4.78, 5) is 4.81. The summed E-state index contributed by atoms with van der Waals surface area (Å²) in [5.41, 5.74) is 6.43. The Labute approximate surface area is 169 Å². The molecule has 27 heavy (non-hydrogen) atoms. The lowest BCUT2D eigenvalue weighted by Crippen LogP contribution is -2.44. The first-order chi connectivity index (χ1) is 12.3. The van der Waals surface area contributed by atoms with Crippen LogP contribution in [0.1, 0.15) is 26.3 Å². The zero-order chi connectivity index (χ0) is 21.0. The highest BCUT2D eigenvalue weighted by atomic mass is 79.9. The van der Waals surface area contributed by atoms with Gasteiger partial charge in [0.15, 0.2) is 5.96 Å². The van der Waals surface area contributed by atoms with Crippen LogP contribution in [0.15, 0.2) is 51.0 Å². The second kappa shape index (κ2) is 8.90. The average molecular weight is 458 g/mol. The molecule has 0 amide bonds. The molecule has 0 fully saturated rings. The van der Waals surface area contributed by atoms with Crippen LogP contribution in [0.4, 0.5) is 5.69 Å². The standard InChI is InChI=1S/C18H28BrN5O2S/c1-7-14(19)16(22-12(3)18(4,5)25)24-17(20)23-13-8-9-15(11(2)10-13)27(6,21)26/h7-10,12,21-22,25H,1H2,2-6H3,(H3,20,23,24)/b16-14+/t12-,27?/m1/s1. The van der Waals surface area contributed by atoms with Gasteiger partial charge in [-0.1, -0.05) is 12.7 Å². The lowest BCUT2D eigenvalue weighted by molar-refractivity contribution is 0.0478. The normalized spacial score (nSPS) is 16.8. The maximum atomic E-state index is 11.9. The van der Waals surface area contributed by atoms with Gasteiger partial charge in [0.05, 0.1) is 25.9 Å². The van der Waals surface area contributed by atoms with E-state index in [4.69, 9.17) is 10.5 Å². The third-order valence-electron chi connectivity index (χ3n) is 3.92. The number of nitrogens with two attached hydrogens (primary N) is 1. The minimum Gasteiger partial charge on any atom is -0.388 e. The van der Waals surface area contributed by atoms with E-state index in [9.17, 15) is 9.32 Å². The summed E-state index contributed by atoms with van der Waals surface area (Å²) >= 11 is 3.37. The number of anilines is 1. The Morgan fingerprint density at radius 2 is 2.11 bits per heavy atom. The molecular weight excluding hydrogens is 430 g/mol. The second-order valence-electron chi connectivity index (χ2n) is 6.87. The van der Waals surface area contributed by atoms with Crippen LogP contribution in [0.3, 0.4) is 0 Å². The predicted molar refractivity (Wildman–Crippen MR) is 117 cm³/mol. The molecule has 0 spiro atoms. The Bertz CT molecular complexity index is 870. The number of nitrogens with one attached hydrogen (secondary N) is 3. The van der Waals surface area contributed by atoms with Gasteiger partial charge in [-0.15, -0.1) is 0 Å². The summed E-state index contributed by atoms with van der Waals surface area (Å²) in [6, 6.07) is 4.80. The quantitative estimate of drug-likeness (QED) is 0.244. The molecule has 150 valence electrons. The number of halogens is 1. The molecule has 0 aromatic heterocycles. The fraction of sp³-hybridized carbons (Fsp3) is 0.389. The van der Waals surface area contributed by atoms with Crippen LogP contribution < -0.4 is 16.4 Å². The molecule has 0 saturated heterocycles. The summed E-state index contributed by atoms with van der Waals surface area (Å²) in [7, 11) is -2.79. The minimum atomic E-state index is -2.79. The van der Waals surface area contributed by atoms with Crippen LogP contribution in [-0.2, 0) is 9.73 Å². The number of benzene rings is 1. The highest BCUT2D eigenvalue weighted by molar-refractivity contribution is 9.11. The highest BCUT2D eigenvalue weighted by Crippen LogP contribution is 2.20. The van der Waals surface area contributed by atoms with Gasteiger partial charge in [-0.25, -0.2) is 8.99 Å². The van der Waals surface area contributed by atoms with E-state index in [-0.39, 0.29) is 12.0 Å². The third-order valence-corrected chi connectivity index (χ3v) is 5.91. The van der Waals surface area contributed by atoms with E-state index in [0.717, 1.165) is 5.56 Å². The number of nitrogens with zero attached hydrogens (tertiary/aromatic N) is 1. The molecular formula is C18H28BrN5O2S. The molecule has 1 unspecified atom stereocenters. The molecule has 9 heteroatoms. The Morgan fingerprint density at radius 1 is 1.52 bits per heavy atom. The summed E-state index contributed by atoms with van der Waals surface area (Å²) in [6.45, 7) is 10.7. The van der Waals surface area contributed by atoms with E-state index in [1.54, 1.807) is 45.0 Å². The predicted octanol–water partition coefficient (Wildman–Crippen LogP) is 3.26. The van der Waals surface area contributed by atoms with Crippen molar-refractivity contribution >= 4 is 37.3 Å². The van der Waals surface area contributed by atoms with E-state index in [2.05, 4.69) is 38.1 Å². The van der Waals surface area contributed by atoms with Crippen LogP contribution in [0.25, 0.3) is 0 Å². The van der Waals surface area contributed by atoms with E-state index in [0.29, 0.717) is 20.9 Å². The molecule has 0 bridgehead atoms. The van der Waals surface area contributed by atoms with E-state index in [1.165, 1.54) is 6.26 Å². The molecule has 0 saturated carbocycles. The van der Waals surface area contributed by atoms with Crippen molar-refractivity contribution in [1.29, 1.82) is 4.78 Å². The van der Waals surface area contributed by atoms with Crippen molar-refractivity contribution in [2.45, 2.75) is 44.2 Å². The first-order valence-corrected chi connectivity index (χ1v) is 11.0. The monoisotopic (exact) mass is 457 g/mol. The molecule has 0 radical (unpaired) electrons. The molecule has 0 aliphatic rings. The smallest absolute Gasteiger partial charge is 0.199 e. The maximum absolute atomic E-state index is 11.9. The van der Waals surface area contributed by atoms with Crippen LogP contribution in [0.2, 0.25) is 0 Å². The number of aryl methyl sites for hydroxylation is 1. The minimum absolute atomic E-state index is 0.120. The zero-order valence-corrected chi connectivity index (χ0v) is 18.7. The Hall–Kier alpha value is -1.84. The van der Waals surface area contributed by atoms with Crippen molar-refractivity contribution in [3.8, 4) is 0 Å². The fourth-order valence-corrected chi connectivity index (χ4v) is 3.30. The van der Waals surface area contributed by atoms with Crippen molar-refractivity contribution in [2.75, 3.05) is 11.6 Å². The molecule has 6 N–H and O–H groups in total. The van der Waals surface area contributed by atoms with Crippen molar-refractivity contribution in [3.05, 3.63) is 46.7 Å². The number of hydrogen-bond donors (Lipinski definition) is 5. The zero-order valence-electron chi connectivity index (χ0n) is 16.3. The van der Waals surface area contributed by atoms with E-state index in [1.807, 2.05) is 6.92 Å². The number of rotatable bonds is 7. The van der Waals surface area contributed by atoms with E-state index < -0.39 is 15.3 Å². The fourth-order valence-electron chi connectivity index (χ4n) is 2.09. The Morgan fingerprint density at radius 3 is 2.56 bits per heavy atom. The highest BCUT2D eigenvalue weighted by Gasteiger charge is 2.23. The number of guanidine groups is 1. The van der Waals surface area contributed by atoms with E-state index >= 15 is 0 Å². The van der Waals surface area contributed by atoms with Crippen LogP contribution in [0, 0.1) is 11.7 Å². The van der Waals surface area contributed by atoms with Gasteiger partial charge in [0.1, 0.15) is 5.82 Å². The van der Waals surface area contributed by atoms with Gasteiger partial charge in [-0.3, -0.25) is 0 Å². The Kier molecular flexibility index (Phi) is 7.65. The Balaban J connectivity index is 3.11. The summed E-state index contributed by atoms with van der Waals surface area (Å²) in [5.74, 6) is 0.537. The molecule has 0 aliphatic heterocycles. The SMILES string of the molecule is C=C/C(Br)=C(\N=C(N)Nc1ccc(S(C)(=N)=O)c(C)c1)N[C@H](C)C(C)(C)O. The third kappa shape index (κ3) is 7.00. The molecule has 2 atom stereocenters. The lowest BCUT2D eigenvalue weighted by Gasteiger charge is -2.28. The summed E-state index contributed by atoms with van der Waals surface area (Å²) in [6.07, 6.45) is 2.96. The van der Waals surface area contributed by atoms with Gasteiger partial charge < -0.3 is 21.5 Å². The summed E-state index contributed by atoms with van der Waals surface area (Å²) < 4.78 is 20.2. The van der Waals surface area contributed by atoms with Gasteiger partial charge in [-0.2, -0.15) is 4.99 Å². The van der Waals surface area contributed by atoms with Crippen LogP contribution in [-0.4, -0.2) is 33.2 Å². The number of aliphatic imine (C=N–C) groups is 1. The van der Waals surface area contributed by atoms with Crippen LogP contribution >= 0.6 is 15.9 Å². The second-order valence-corrected chi connectivity index (χ2v) is 9.85. The number of allylic oxidation sites excluding steroid dienone is 2. The van der Waals surface area contributed by atoms with Crippen molar-refractivity contribution in [2.24, 2.45) is 10.7 Å². The van der Waals surface area contributed by atoms with Gasteiger partial charge >= 0.3 is 0 Å². The molecule has 1 aromatic rings. The van der Waals surface area contributed by atoms with Crippen molar-refractivity contribution in [1.82, 2.24) is 5.32 Å². The van der Waals surface area contributed by atoms with Crippen molar-refractivity contribution < 1.29 is 9.32 Å². The van der Waals surface area contributed by atoms with Gasteiger partial charge in [0.2, 0.25) is 0 Å². The van der Waals surface area contributed by atoms with Gasteiger partial charge in [-0.05, 0) is 67.4 Å².